The van der Waals surface area contributed by atoms with Gasteiger partial charge in [0.15, 0.2) is 5.65 Å². The van der Waals surface area contributed by atoms with Crippen molar-refractivity contribution in [3.8, 4) is 28.9 Å². The Kier molecular flexibility index (Phi) is 3.22. The normalized spacial score (nSPS) is 15.0. The van der Waals surface area contributed by atoms with Crippen LogP contribution >= 0.6 is 0 Å². The van der Waals surface area contributed by atoms with Gasteiger partial charge in [0.1, 0.15) is 29.3 Å². The molecule has 5 aromatic rings. The van der Waals surface area contributed by atoms with E-state index in [0.717, 1.165) is 16.9 Å². The molecule has 0 fully saturated rings. The van der Waals surface area contributed by atoms with E-state index in [9.17, 15) is 5.11 Å². The van der Waals surface area contributed by atoms with Gasteiger partial charge in [0.05, 0.1) is 17.7 Å². The van der Waals surface area contributed by atoms with E-state index < -0.39 is 0 Å². The number of rotatable bonds is 2. The van der Waals surface area contributed by atoms with Crippen molar-refractivity contribution in [2.24, 2.45) is 0 Å². The van der Waals surface area contributed by atoms with Crippen LogP contribution in [0.25, 0.3) is 17.2 Å². The van der Waals surface area contributed by atoms with Crippen LogP contribution in [0.3, 0.4) is 0 Å². The van der Waals surface area contributed by atoms with Crippen LogP contribution in [-0.2, 0) is 0 Å². The molecule has 8 nitrogen and oxygen atoms in total. The zero-order valence-corrected chi connectivity index (χ0v) is 14.9. The predicted octanol–water partition coefficient (Wildman–Crippen LogP) is 3.77. The zero-order chi connectivity index (χ0) is 19.4. The van der Waals surface area contributed by atoms with Gasteiger partial charge in [-0.15, -0.1) is 5.10 Å². The SMILES string of the molecule is Oc1ccc2c(c1)Oc1ncn3nc(-c4ccccn4)nc3c1[C@H]2c1ccco1. The van der Waals surface area contributed by atoms with Crippen molar-refractivity contribution in [1.29, 1.82) is 0 Å². The quantitative estimate of drug-likeness (QED) is 0.486. The fourth-order valence-electron chi connectivity index (χ4n) is 3.66. The average Bonchev–Trinajstić information content (AvgIpc) is 3.42. The maximum Gasteiger partial charge on any atom is 0.228 e. The molecule has 1 aromatic carbocycles. The topological polar surface area (TPSA) is 98.6 Å². The Balaban J connectivity index is 1.63. The number of furan rings is 1. The lowest BCUT2D eigenvalue weighted by Gasteiger charge is -2.26. The van der Waals surface area contributed by atoms with Gasteiger partial charge in [-0.3, -0.25) is 4.98 Å². The van der Waals surface area contributed by atoms with E-state index >= 15 is 0 Å². The van der Waals surface area contributed by atoms with Crippen LogP contribution in [0.4, 0.5) is 0 Å². The first-order valence-electron chi connectivity index (χ1n) is 8.99. The van der Waals surface area contributed by atoms with E-state index in [0.29, 0.717) is 28.8 Å². The lowest BCUT2D eigenvalue weighted by molar-refractivity contribution is 0.409. The number of ether oxygens (including phenoxy) is 1. The standard InChI is InChI=1S/C21H13N5O3/c27-12-6-7-13-16(10-12)29-21-18(17(13)15-5-3-9-28-15)20-24-19(25-26(20)11-23-21)14-4-1-2-8-22-14/h1-11,17,27H/t17-/m1/s1. The first-order valence-corrected chi connectivity index (χ1v) is 8.99. The van der Waals surface area contributed by atoms with Crippen molar-refractivity contribution in [2.75, 3.05) is 0 Å². The number of benzene rings is 1. The Hall–Kier alpha value is -4.20. The predicted molar refractivity (Wildman–Crippen MR) is 102 cm³/mol. The summed E-state index contributed by atoms with van der Waals surface area (Å²) in [5.74, 6) is 1.96. The molecular weight excluding hydrogens is 370 g/mol. The van der Waals surface area contributed by atoms with Crippen molar-refractivity contribution in [3.63, 3.8) is 0 Å². The number of hydrogen-bond acceptors (Lipinski definition) is 7. The summed E-state index contributed by atoms with van der Waals surface area (Å²) in [6.45, 7) is 0. The van der Waals surface area contributed by atoms with Crippen molar-refractivity contribution >= 4 is 5.65 Å². The Morgan fingerprint density at radius 2 is 2.00 bits per heavy atom. The number of phenols is 1. The van der Waals surface area contributed by atoms with E-state index in [1.165, 1.54) is 0 Å². The molecule has 0 bridgehead atoms. The third-order valence-electron chi connectivity index (χ3n) is 4.91. The highest BCUT2D eigenvalue weighted by Gasteiger charge is 2.35. The van der Waals surface area contributed by atoms with Gasteiger partial charge in [-0.2, -0.15) is 0 Å². The van der Waals surface area contributed by atoms with Gasteiger partial charge >= 0.3 is 0 Å². The van der Waals surface area contributed by atoms with Crippen molar-refractivity contribution in [3.05, 3.63) is 84.2 Å². The average molecular weight is 383 g/mol. The van der Waals surface area contributed by atoms with Crippen molar-refractivity contribution < 1.29 is 14.3 Å². The molecule has 0 saturated carbocycles. The fourth-order valence-corrected chi connectivity index (χ4v) is 3.66. The minimum Gasteiger partial charge on any atom is -0.508 e. The third kappa shape index (κ3) is 2.39. The highest BCUT2D eigenvalue weighted by Crippen LogP contribution is 2.48. The number of aromatic hydroxyl groups is 1. The Labute approximate surface area is 164 Å². The first kappa shape index (κ1) is 15.8. The molecule has 8 heteroatoms. The Morgan fingerprint density at radius 3 is 2.83 bits per heavy atom. The highest BCUT2D eigenvalue weighted by atomic mass is 16.5. The molecule has 0 unspecified atom stereocenters. The largest absolute Gasteiger partial charge is 0.508 e. The van der Waals surface area contributed by atoms with E-state index in [-0.39, 0.29) is 11.7 Å². The van der Waals surface area contributed by atoms with Crippen molar-refractivity contribution in [1.82, 2.24) is 24.6 Å². The van der Waals surface area contributed by atoms with Crippen LogP contribution < -0.4 is 4.74 Å². The molecule has 0 amide bonds. The van der Waals surface area contributed by atoms with Gasteiger partial charge in [-0.25, -0.2) is 14.5 Å². The van der Waals surface area contributed by atoms with Crippen LogP contribution in [0.15, 0.2) is 71.7 Å². The summed E-state index contributed by atoms with van der Waals surface area (Å²) in [5, 5.41) is 14.4. The molecular formula is C21H13N5O3. The summed E-state index contributed by atoms with van der Waals surface area (Å²) in [6, 6.07) is 14.3. The number of hydrogen-bond donors (Lipinski definition) is 1. The van der Waals surface area contributed by atoms with Crippen LogP contribution in [-0.4, -0.2) is 29.7 Å². The zero-order valence-electron chi connectivity index (χ0n) is 14.9. The molecule has 5 heterocycles. The summed E-state index contributed by atoms with van der Waals surface area (Å²) >= 11 is 0. The summed E-state index contributed by atoms with van der Waals surface area (Å²) < 4.78 is 13.4. The molecule has 1 aliphatic heterocycles. The number of pyridine rings is 1. The Morgan fingerprint density at radius 1 is 1.03 bits per heavy atom. The maximum atomic E-state index is 9.90. The molecule has 1 atom stereocenters. The number of phenolic OH excluding ortho intramolecular Hbond substituents is 1. The van der Waals surface area contributed by atoms with Gasteiger partial charge in [0.2, 0.25) is 11.7 Å². The number of aromatic nitrogens is 5. The molecule has 1 N–H and O–H groups in total. The molecule has 0 radical (unpaired) electrons. The first-order chi connectivity index (χ1) is 14.3. The molecule has 0 spiro atoms. The summed E-state index contributed by atoms with van der Waals surface area (Å²) in [7, 11) is 0. The van der Waals surface area contributed by atoms with Crippen LogP contribution in [0, 0.1) is 0 Å². The second kappa shape index (κ2) is 5.90. The molecule has 4 aromatic heterocycles. The minimum atomic E-state index is -0.304. The summed E-state index contributed by atoms with van der Waals surface area (Å²) in [5.41, 5.74) is 2.87. The van der Waals surface area contributed by atoms with Gasteiger partial charge in [0, 0.05) is 17.8 Å². The second-order valence-corrected chi connectivity index (χ2v) is 6.65. The fraction of sp³-hybridized carbons (Fsp3) is 0.0476. The van der Waals surface area contributed by atoms with E-state index in [1.807, 2.05) is 36.4 Å². The summed E-state index contributed by atoms with van der Waals surface area (Å²) in [6.07, 6.45) is 4.88. The maximum absolute atomic E-state index is 9.90. The van der Waals surface area contributed by atoms with E-state index in [4.69, 9.17) is 14.1 Å². The van der Waals surface area contributed by atoms with Gasteiger partial charge in [-0.1, -0.05) is 12.1 Å². The van der Waals surface area contributed by atoms with Crippen LogP contribution in [0.1, 0.15) is 22.8 Å². The van der Waals surface area contributed by atoms with Gasteiger partial charge in [-0.05, 0) is 30.3 Å². The number of nitrogens with zero attached hydrogens (tertiary/aromatic N) is 5. The van der Waals surface area contributed by atoms with E-state index in [2.05, 4.69) is 15.1 Å². The third-order valence-corrected chi connectivity index (χ3v) is 4.91. The van der Waals surface area contributed by atoms with Crippen LogP contribution in [0.5, 0.6) is 17.4 Å². The monoisotopic (exact) mass is 383 g/mol. The van der Waals surface area contributed by atoms with Crippen LogP contribution in [0.2, 0.25) is 0 Å². The van der Waals surface area contributed by atoms with Crippen molar-refractivity contribution in [2.45, 2.75) is 5.92 Å². The Bertz CT molecular complexity index is 1350. The minimum absolute atomic E-state index is 0.117. The molecule has 0 saturated heterocycles. The molecule has 1 aliphatic rings. The summed E-state index contributed by atoms with van der Waals surface area (Å²) in [4.78, 5) is 13.5. The van der Waals surface area contributed by atoms with Gasteiger partial charge in [0.25, 0.3) is 0 Å². The van der Waals surface area contributed by atoms with E-state index in [1.54, 1.807) is 35.4 Å². The molecule has 140 valence electrons. The second-order valence-electron chi connectivity index (χ2n) is 6.65. The number of fused-ring (bicyclic) bond motifs is 4. The molecule has 0 aliphatic carbocycles. The molecule has 6 rings (SSSR count). The highest BCUT2D eigenvalue weighted by molar-refractivity contribution is 5.67. The van der Waals surface area contributed by atoms with Gasteiger partial charge < -0.3 is 14.3 Å². The lowest BCUT2D eigenvalue weighted by Crippen LogP contribution is -2.14. The lowest BCUT2D eigenvalue weighted by atomic mass is 9.87. The molecule has 29 heavy (non-hydrogen) atoms. The smallest absolute Gasteiger partial charge is 0.228 e.